The van der Waals surface area contributed by atoms with Crippen molar-refractivity contribution < 1.29 is 19.7 Å². The number of aliphatic hydroxyl groups excluding tert-OH is 2. The van der Waals surface area contributed by atoms with Crippen LogP contribution in [0.3, 0.4) is 0 Å². The minimum atomic E-state index is -0.793. The lowest BCUT2D eigenvalue weighted by atomic mass is 10.0. The second-order valence-electron chi connectivity index (χ2n) is 6.93. The van der Waals surface area contributed by atoms with Crippen LogP contribution in [0.5, 0.6) is 0 Å². The molecule has 0 rings (SSSR count). The van der Waals surface area contributed by atoms with Crippen LogP contribution in [0.2, 0.25) is 0 Å². The topological polar surface area (TPSA) is 66.8 Å². The van der Waals surface area contributed by atoms with Gasteiger partial charge in [-0.05, 0) is 19.3 Å². The van der Waals surface area contributed by atoms with Gasteiger partial charge in [0.1, 0.15) is 0 Å². The van der Waals surface area contributed by atoms with Crippen molar-refractivity contribution in [3.05, 3.63) is 12.2 Å². The second kappa shape index (κ2) is 17.9. The summed E-state index contributed by atoms with van der Waals surface area (Å²) in [6, 6.07) is 0. The number of carbonyl (C=O) groups is 1. The molecule has 1 atom stereocenters. The van der Waals surface area contributed by atoms with Gasteiger partial charge in [-0.1, -0.05) is 84.1 Å². The summed E-state index contributed by atoms with van der Waals surface area (Å²) in [5.74, 6) is -0.457. The van der Waals surface area contributed by atoms with Crippen LogP contribution in [0.4, 0.5) is 0 Å². The highest BCUT2D eigenvalue weighted by Crippen LogP contribution is 2.14. The van der Waals surface area contributed by atoms with Gasteiger partial charge in [-0.3, -0.25) is 0 Å². The summed E-state index contributed by atoms with van der Waals surface area (Å²) in [4.78, 5) is 11.9. The number of unbranched alkanes of at least 4 members (excludes halogenated alkanes) is 11. The van der Waals surface area contributed by atoms with Gasteiger partial charge in [0.05, 0.1) is 18.3 Å². The molecule has 0 aromatic carbocycles. The van der Waals surface area contributed by atoms with Gasteiger partial charge in [0, 0.05) is 6.61 Å². The molecule has 0 saturated carbocycles. The minimum absolute atomic E-state index is 0.184. The monoisotopic (exact) mass is 356 g/mol. The minimum Gasteiger partial charge on any atom is -0.462 e. The van der Waals surface area contributed by atoms with E-state index in [1.807, 2.05) is 0 Å². The third-order valence-corrected chi connectivity index (χ3v) is 4.53. The third-order valence-electron chi connectivity index (χ3n) is 4.53. The Bertz CT molecular complexity index is 328. The molecule has 0 aliphatic carbocycles. The summed E-state index contributed by atoms with van der Waals surface area (Å²) < 4.78 is 5.20. The quantitative estimate of drug-likeness (QED) is 0.208. The zero-order chi connectivity index (χ0) is 18.8. The number of rotatable bonds is 18. The molecular formula is C21H40O4. The predicted octanol–water partition coefficient (Wildman–Crippen LogP) is 4.92. The SMILES string of the molecule is C=C(C(=O)OCCCCCCCCC)C(O)CCCCCCCCO. The van der Waals surface area contributed by atoms with Gasteiger partial charge in [0.15, 0.2) is 0 Å². The van der Waals surface area contributed by atoms with Crippen LogP contribution in [0, 0.1) is 0 Å². The molecule has 0 saturated heterocycles. The highest BCUT2D eigenvalue weighted by Gasteiger charge is 2.17. The highest BCUT2D eigenvalue weighted by atomic mass is 16.5. The van der Waals surface area contributed by atoms with Crippen LogP contribution in [-0.4, -0.2) is 35.5 Å². The molecule has 0 radical (unpaired) electrons. The van der Waals surface area contributed by atoms with Gasteiger partial charge < -0.3 is 14.9 Å². The summed E-state index contributed by atoms with van der Waals surface area (Å²) in [6.07, 6.45) is 14.1. The van der Waals surface area contributed by atoms with Crippen LogP contribution in [-0.2, 0) is 9.53 Å². The Balaban J connectivity index is 3.57. The van der Waals surface area contributed by atoms with Crippen molar-refractivity contribution in [3.8, 4) is 0 Å². The van der Waals surface area contributed by atoms with E-state index in [1.54, 1.807) is 0 Å². The Morgan fingerprint density at radius 3 is 2.00 bits per heavy atom. The van der Waals surface area contributed by atoms with Gasteiger partial charge in [-0.25, -0.2) is 4.79 Å². The maximum absolute atomic E-state index is 11.9. The van der Waals surface area contributed by atoms with Gasteiger partial charge >= 0.3 is 5.97 Å². The van der Waals surface area contributed by atoms with Gasteiger partial charge in [0.2, 0.25) is 0 Å². The zero-order valence-corrected chi connectivity index (χ0v) is 16.3. The first kappa shape index (κ1) is 24.1. The van der Waals surface area contributed by atoms with Crippen LogP contribution in [0.15, 0.2) is 12.2 Å². The van der Waals surface area contributed by atoms with Crippen molar-refractivity contribution in [2.75, 3.05) is 13.2 Å². The summed E-state index contributed by atoms with van der Waals surface area (Å²) in [5, 5.41) is 18.7. The Kier molecular flexibility index (Phi) is 17.3. The molecule has 0 heterocycles. The van der Waals surface area contributed by atoms with E-state index in [0.717, 1.165) is 51.4 Å². The molecule has 0 aromatic heterocycles. The second-order valence-corrected chi connectivity index (χ2v) is 6.93. The predicted molar refractivity (Wildman–Crippen MR) is 104 cm³/mol. The number of aliphatic hydroxyl groups is 2. The molecule has 0 fully saturated rings. The molecule has 0 aliphatic rings. The largest absolute Gasteiger partial charge is 0.462 e. The van der Waals surface area contributed by atoms with Gasteiger partial charge in [0.25, 0.3) is 0 Å². The maximum Gasteiger partial charge on any atom is 0.336 e. The molecule has 0 bridgehead atoms. The lowest BCUT2D eigenvalue weighted by molar-refractivity contribution is -0.140. The molecule has 148 valence electrons. The van der Waals surface area contributed by atoms with E-state index in [1.165, 1.54) is 32.1 Å². The van der Waals surface area contributed by atoms with E-state index in [2.05, 4.69) is 13.5 Å². The van der Waals surface area contributed by atoms with Crippen molar-refractivity contribution in [1.82, 2.24) is 0 Å². The van der Waals surface area contributed by atoms with Crippen molar-refractivity contribution in [1.29, 1.82) is 0 Å². The van der Waals surface area contributed by atoms with E-state index in [0.29, 0.717) is 13.0 Å². The smallest absolute Gasteiger partial charge is 0.336 e. The van der Waals surface area contributed by atoms with Crippen molar-refractivity contribution in [2.45, 2.75) is 103 Å². The molecule has 0 amide bonds. The van der Waals surface area contributed by atoms with Crippen LogP contribution in [0.1, 0.15) is 96.8 Å². The van der Waals surface area contributed by atoms with E-state index in [9.17, 15) is 9.90 Å². The van der Waals surface area contributed by atoms with E-state index in [4.69, 9.17) is 9.84 Å². The lowest BCUT2D eigenvalue weighted by Crippen LogP contribution is -2.19. The maximum atomic E-state index is 11.9. The molecule has 0 aliphatic heterocycles. The molecule has 25 heavy (non-hydrogen) atoms. The van der Waals surface area contributed by atoms with E-state index >= 15 is 0 Å². The van der Waals surface area contributed by atoms with Crippen LogP contribution < -0.4 is 0 Å². The Labute approximate surface area is 154 Å². The number of hydrogen-bond acceptors (Lipinski definition) is 4. The molecule has 4 heteroatoms. The summed E-state index contributed by atoms with van der Waals surface area (Å²) >= 11 is 0. The molecule has 0 aromatic rings. The van der Waals surface area contributed by atoms with Crippen LogP contribution >= 0.6 is 0 Å². The van der Waals surface area contributed by atoms with E-state index in [-0.39, 0.29) is 12.2 Å². The Morgan fingerprint density at radius 2 is 1.40 bits per heavy atom. The number of esters is 1. The Hall–Kier alpha value is -0.870. The molecule has 2 N–H and O–H groups in total. The molecule has 4 nitrogen and oxygen atoms in total. The molecule has 0 spiro atoms. The standard InChI is InChI=1S/C21H40O4/c1-3-4-5-6-9-12-15-18-25-21(24)19(2)20(23)16-13-10-7-8-11-14-17-22/h20,22-23H,2-18H2,1H3. The highest BCUT2D eigenvalue weighted by molar-refractivity contribution is 5.88. The third kappa shape index (κ3) is 15.1. The Morgan fingerprint density at radius 1 is 0.880 bits per heavy atom. The van der Waals surface area contributed by atoms with Gasteiger partial charge in [-0.2, -0.15) is 0 Å². The van der Waals surface area contributed by atoms with Crippen LogP contribution in [0.25, 0.3) is 0 Å². The number of carbonyl (C=O) groups excluding carboxylic acids is 1. The molecular weight excluding hydrogens is 316 g/mol. The van der Waals surface area contributed by atoms with Gasteiger partial charge in [-0.15, -0.1) is 0 Å². The van der Waals surface area contributed by atoms with Crippen molar-refractivity contribution in [3.63, 3.8) is 0 Å². The summed E-state index contributed by atoms with van der Waals surface area (Å²) in [6.45, 7) is 6.58. The number of hydrogen-bond donors (Lipinski definition) is 2. The lowest BCUT2D eigenvalue weighted by Gasteiger charge is -2.13. The first-order chi connectivity index (χ1) is 12.1. The fraction of sp³-hybridized carbons (Fsp3) is 0.857. The van der Waals surface area contributed by atoms with Crippen molar-refractivity contribution >= 4 is 5.97 Å². The average molecular weight is 357 g/mol. The fourth-order valence-electron chi connectivity index (χ4n) is 2.78. The fourth-order valence-corrected chi connectivity index (χ4v) is 2.78. The van der Waals surface area contributed by atoms with Crippen molar-refractivity contribution in [2.24, 2.45) is 0 Å². The van der Waals surface area contributed by atoms with E-state index < -0.39 is 12.1 Å². The zero-order valence-electron chi connectivity index (χ0n) is 16.3. The first-order valence-corrected chi connectivity index (χ1v) is 10.3. The number of ether oxygens (including phenoxy) is 1. The average Bonchev–Trinajstić information content (AvgIpc) is 2.62. The first-order valence-electron chi connectivity index (χ1n) is 10.3. The molecule has 1 unspecified atom stereocenters. The summed E-state index contributed by atoms with van der Waals surface area (Å²) in [5.41, 5.74) is 0.184. The summed E-state index contributed by atoms with van der Waals surface area (Å²) in [7, 11) is 0. The normalized spacial score (nSPS) is 12.1.